The average molecular weight is 320 g/mol. The van der Waals surface area contributed by atoms with Gasteiger partial charge in [-0.1, -0.05) is 18.2 Å². The van der Waals surface area contributed by atoms with E-state index in [0.717, 1.165) is 38.2 Å². The zero-order chi connectivity index (χ0) is 15.6. The molecule has 1 aromatic rings. The van der Waals surface area contributed by atoms with Crippen molar-refractivity contribution in [2.45, 2.75) is 30.8 Å². The molecule has 1 saturated heterocycles. The van der Waals surface area contributed by atoms with Gasteiger partial charge < -0.3 is 15.3 Å². The van der Waals surface area contributed by atoms with Gasteiger partial charge in [-0.15, -0.1) is 0 Å². The summed E-state index contributed by atoms with van der Waals surface area (Å²) in [5.74, 6) is 0.727. The van der Waals surface area contributed by atoms with Gasteiger partial charge in [0, 0.05) is 30.7 Å². The van der Waals surface area contributed by atoms with Crippen LogP contribution in [0.4, 0.5) is 5.69 Å². The SMILES string of the molecule is CSCC[C@H](O)C(=O)N1CCC2(CC1)CNc1ccccc12. The molecule has 0 unspecified atom stereocenters. The molecule has 5 heteroatoms. The van der Waals surface area contributed by atoms with Gasteiger partial charge >= 0.3 is 0 Å². The van der Waals surface area contributed by atoms with Crippen molar-refractivity contribution in [1.29, 1.82) is 0 Å². The summed E-state index contributed by atoms with van der Waals surface area (Å²) in [5.41, 5.74) is 2.80. The van der Waals surface area contributed by atoms with Crippen LogP contribution in [0.5, 0.6) is 0 Å². The fourth-order valence-electron chi connectivity index (χ4n) is 3.62. The molecule has 4 nitrogen and oxygen atoms in total. The second-order valence-electron chi connectivity index (χ2n) is 6.30. The summed E-state index contributed by atoms with van der Waals surface area (Å²) in [4.78, 5) is 14.1. The van der Waals surface area contributed by atoms with Crippen LogP contribution in [0.2, 0.25) is 0 Å². The number of aliphatic hydroxyl groups excluding tert-OH is 1. The van der Waals surface area contributed by atoms with Crippen LogP contribution in [0.1, 0.15) is 24.8 Å². The molecule has 0 aliphatic carbocycles. The topological polar surface area (TPSA) is 52.6 Å². The Labute approximate surface area is 136 Å². The minimum Gasteiger partial charge on any atom is -0.384 e. The number of nitrogens with zero attached hydrogens (tertiary/aromatic N) is 1. The van der Waals surface area contributed by atoms with E-state index in [4.69, 9.17) is 0 Å². The number of hydrogen-bond acceptors (Lipinski definition) is 4. The Hall–Kier alpha value is -1.20. The van der Waals surface area contributed by atoms with E-state index in [0.29, 0.717) is 6.42 Å². The highest BCUT2D eigenvalue weighted by molar-refractivity contribution is 7.98. The van der Waals surface area contributed by atoms with E-state index < -0.39 is 6.10 Å². The molecule has 1 amide bonds. The van der Waals surface area contributed by atoms with Gasteiger partial charge in [-0.3, -0.25) is 4.79 Å². The molecule has 1 fully saturated rings. The lowest BCUT2D eigenvalue weighted by Crippen LogP contribution is -2.49. The van der Waals surface area contributed by atoms with Gasteiger partial charge in [0.2, 0.25) is 0 Å². The van der Waals surface area contributed by atoms with Crippen molar-refractivity contribution in [1.82, 2.24) is 4.90 Å². The molecule has 1 aromatic carbocycles. The average Bonchev–Trinajstić information content (AvgIpc) is 2.92. The van der Waals surface area contributed by atoms with Crippen molar-refractivity contribution in [2.75, 3.05) is 37.0 Å². The Morgan fingerprint density at radius 1 is 1.41 bits per heavy atom. The number of thioether (sulfide) groups is 1. The van der Waals surface area contributed by atoms with Gasteiger partial charge in [0.25, 0.3) is 5.91 Å². The Morgan fingerprint density at radius 2 is 2.14 bits per heavy atom. The Bertz CT molecular complexity index is 541. The number of rotatable bonds is 4. The van der Waals surface area contributed by atoms with Crippen LogP contribution in [0.3, 0.4) is 0 Å². The molecule has 1 spiro atoms. The first kappa shape index (κ1) is 15.7. The zero-order valence-corrected chi connectivity index (χ0v) is 13.9. The second-order valence-corrected chi connectivity index (χ2v) is 7.29. The highest BCUT2D eigenvalue weighted by Gasteiger charge is 2.42. The predicted molar refractivity (Wildman–Crippen MR) is 91.4 cm³/mol. The molecule has 2 aliphatic heterocycles. The number of carbonyl (C=O) groups excluding carboxylic acids is 1. The number of hydrogen-bond donors (Lipinski definition) is 2. The first-order valence-electron chi connectivity index (χ1n) is 7.95. The number of piperidine rings is 1. The standard InChI is InChI=1S/C17H24N2O2S/c1-22-11-6-15(20)16(21)19-9-7-17(8-10-19)12-18-14-5-3-2-4-13(14)17/h2-5,15,18,20H,6-12H2,1H3/t15-/m0/s1. The van der Waals surface area contributed by atoms with E-state index in [2.05, 4.69) is 29.6 Å². The van der Waals surface area contributed by atoms with Gasteiger partial charge in [-0.2, -0.15) is 11.8 Å². The van der Waals surface area contributed by atoms with Crippen LogP contribution in [0.25, 0.3) is 0 Å². The Morgan fingerprint density at radius 3 is 2.86 bits per heavy atom. The molecule has 0 radical (unpaired) electrons. The maximum absolute atomic E-state index is 12.3. The number of fused-ring (bicyclic) bond motifs is 2. The van der Waals surface area contributed by atoms with E-state index >= 15 is 0 Å². The van der Waals surface area contributed by atoms with Crippen molar-refractivity contribution in [3.05, 3.63) is 29.8 Å². The monoisotopic (exact) mass is 320 g/mol. The van der Waals surface area contributed by atoms with E-state index in [9.17, 15) is 9.90 Å². The molecule has 0 aromatic heterocycles. The van der Waals surface area contributed by atoms with Crippen LogP contribution >= 0.6 is 11.8 Å². The molecule has 2 heterocycles. The molecule has 120 valence electrons. The lowest BCUT2D eigenvalue weighted by Gasteiger charge is -2.40. The van der Waals surface area contributed by atoms with Crippen LogP contribution < -0.4 is 5.32 Å². The van der Waals surface area contributed by atoms with Crippen molar-refractivity contribution in [3.63, 3.8) is 0 Å². The van der Waals surface area contributed by atoms with Gasteiger partial charge in [0.05, 0.1) is 0 Å². The first-order chi connectivity index (χ1) is 10.7. The normalized spacial score (nSPS) is 20.5. The molecule has 1 atom stereocenters. The Balaban J connectivity index is 1.63. The molecular weight excluding hydrogens is 296 g/mol. The predicted octanol–water partition coefficient (Wildman–Crippen LogP) is 2.09. The molecule has 0 bridgehead atoms. The molecule has 3 rings (SSSR count). The van der Waals surface area contributed by atoms with Crippen molar-refractivity contribution < 1.29 is 9.90 Å². The van der Waals surface area contributed by atoms with Gasteiger partial charge in [0.15, 0.2) is 0 Å². The summed E-state index contributed by atoms with van der Waals surface area (Å²) in [6, 6.07) is 8.50. The van der Waals surface area contributed by atoms with Gasteiger partial charge in [-0.05, 0) is 42.9 Å². The lowest BCUT2D eigenvalue weighted by molar-refractivity contribution is -0.141. The third-order valence-corrected chi connectivity index (χ3v) is 5.67. The second kappa shape index (κ2) is 6.50. The molecule has 22 heavy (non-hydrogen) atoms. The minimum atomic E-state index is -0.838. The summed E-state index contributed by atoms with van der Waals surface area (Å²) in [6.45, 7) is 2.44. The van der Waals surface area contributed by atoms with Gasteiger partial charge in [0.1, 0.15) is 6.10 Å². The van der Waals surface area contributed by atoms with E-state index in [1.165, 1.54) is 11.3 Å². The van der Waals surface area contributed by atoms with E-state index in [1.54, 1.807) is 11.8 Å². The van der Waals surface area contributed by atoms with Crippen molar-refractivity contribution in [3.8, 4) is 0 Å². The van der Waals surface area contributed by atoms with Crippen LogP contribution in [0, 0.1) is 0 Å². The maximum atomic E-state index is 12.3. The minimum absolute atomic E-state index is 0.0943. The molecule has 2 N–H and O–H groups in total. The van der Waals surface area contributed by atoms with Crippen molar-refractivity contribution in [2.24, 2.45) is 0 Å². The number of benzene rings is 1. The molecule has 0 saturated carbocycles. The maximum Gasteiger partial charge on any atom is 0.251 e. The number of likely N-dealkylation sites (tertiary alicyclic amines) is 1. The van der Waals surface area contributed by atoms with Crippen LogP contribution in [0.15, 0.2) is 24.3 Å². The smallest absolute Gasteiger partial charge is 0.251 e. The summed E-state index contributed by atoms with van der Waals surface area (Å²) < 4.78 is 0. The third-order valence-electron chi connectivity index (χ3n) is 5.03. The third kappa shape index (κ3) is 2.84. The number of anilines is 1. The number of nitrogens with one attached hydrogen (secondary N) is 1. The number of para-hydroxylation sites is 1. The Kier molecular flexibility index (Phi) is 4.64. The first-order valence-corrected chi connectivity index (χ1v) is 9.35. The largest absolute Gasteiger partial charge is 0.384 e. The fraction of sp³-hybridized carbons (Fsp3) is 0.588. The number of amides is 1. The van der Waals surface area contributed by atoms with Crippen molar-refractivity contribution >= 4 is 23.4 Å². The quantitative estimate of drug-likeness (QED) is 0.892. The molecular formula is C17H24N2O2S. The summed E-state index contributed by atoms with van der Waals surface area (Å²) in [6.07, 6.45) is 3.64. The highest BCUT2D eigenvalue weighted by atomic mass is 32.2. The van der Waals surface area contributed by atoms with E-state index in [-0.39, 0.29) is 11.3 Å². The van der Waals surface area contributed by atoms with Crippen LogP contribution in [-0.2, 0) is 10.2 Å². The van der Waals surface area contributed by atoms with Crippen LogP contribution in [-0.4, -0.2) is 53.7 Å². The van der Waals surface area contributed by atoms with E-state index in [1.807, 2.05) is 11.2 Å². The lowest BCUT2D eigenvalue weighted by atomic mass is 9.74. The number of aliphatic hydroxyl groups is 1. The highest BCUT2D eigenvalue weighted by Crippen LogP contribution is 2.43. The summed E-state index contributed by atoms with van der Waals surface area (Å²) >= 11 is 1.66. The fourth-order valence-corrected chi connectivity index (χ4v) is 4.08. The summed E-state index contributed by atoms with van der Waals surface area (Å²) in [5, 5.41) is 13.5. The number of carbonyl (C=O) groups is 1. The van der Waals surface area contributed by atoms with Gasteiger partial charge in [-0.25, -0.2) is 0 Å². The molecule has 2 aliphatic rings. The zero-order valence-electron chi connectivity index (χ0n) is 13.0. The summed E-state index contributed by atoms with van der Waals surface area (Å²) in [7, 11) is 0.